The summed E-state index contributed by atoms with van der Waals surface area (Å²) in [6, 6.07) is 0. The van der Waals surface area contributed by atoms with Crippen molar-refractivity contribution in [2.75, 3.05) is 0 Å². The molecule has 0 aliphatic heterocycles. The van der Waals surface area contributed by atoms with Crippen molar-refractivity contribution in [3.63, 3.8) is 0 Å². The lowest BCUT2D eigenvalue weighted by Gasteiger charge is -2.20. The van der Waals surface area contributed by atoms with E-state index in [2.05, 4.69) is 0 Å². The maximum absolute atomic E-state index is 11.5. The van der Waals surface area contributed by atoms with Gasteiger partial charge in [0.2, 0.25) is 0 Å². The Balaban J connectivity index is 2.58. The number of esters is 1. The molecular formula is C11H16O2. The molecule has 0 saturated heterocycles. The number of carbonyl (C=O) groups is 1. The predicted octanol–water partition coefficient (Wildman–Crippen LogP) is 2.60. The van der Waals surface area contributed by atoms with Gasteiger partial charge in [0, 0.05) is 0 Å². The molecule has 0 saturated carbocycles. The average molecular weight is 180 g/mol. The van der Waals surface area contributed by atoms with Crippen LogP contribution < -0.4 is 0 Å². The van der Waals surface area contributed by atoms with Crippen LogP contribution >= 0.6 is 0 Å². The van der Waals surface area contributed by atoms with E-state index in [4.69, 9.17) is 4.74 Å². The molecule has 2 nitrogen and oxygen atoms in total. The third-order valence-electron chi connectivity index (χ3n) is 1.63. The van der Waals surface area contributed by atoms with Gasteiger partial charge in [-0.25, -0.2) is 4.79 Å². The standard InChI is InChI=1S/C11H16O2/c1-11(2,3)13-10(12)9-7-5-4-6-8-9/h5,7-8H,4,6H2,1-3H3. The highest BCUT2D eigenvalue weighted by Crippen LogP contribution is 2.15. The lowest BCUT2D eigenvalue weighted by Crippen LogP contribution is -2.24. The monoisotopic (exact) mass is 180 g/mol. The Bertz CT molecular complexity index is 254. The van der Waals surface area contributed by atoms with Gasteiger partial charge in [0.15, 0.2) is 0 Å². The number of ether oxygens (including phenoxy) is 1. The number of rotatable bonds is 1. The van der Waals surface area contributed by atoms with Crippen LogP contribution in [0.4, 0.5) is 0 Å². The quantitative estimate of drug-likeness (QED) is 0.580. The van der Waals surface area contributed by atoms with E-state index in [-0.39, 0.29) is 5.97 Å². The molecule has 1 aliphatic rings. The Hall–Kier alpha value is -1.05. The second kappa shape index (κ2) is 3.77. The fraction of sp³-hybridized carbons (Fsp3) is 0.545. The molecule has 0 aromatic rings. The van der Waals surface area contributed by atoms with Gasteiger partial charge in [-0.1, -0.05) is 18.2 Å². The van der Waals surface area contributed by atoms with E-state index in [1.165, 1.54) is 0 Å². The van der Waals surface area contributed by atoms with E-state index < -0.39 is 5.60 Å². The summed E-state index contributed by atoms with van der Waals surface area (Å²) in [4.78, 5) is 11.5. The molecule has 0 spiro atoms. The topological polar surface area (TPSA) is 26.3 Å². The third kappa shape index (κ3) is 3.45. The molecule has 13 heavy (non-hydrogen) atoms. The van der Waals surface area contributed by atoms with Gasteiger partial charge in [-0.15, -0.1) is 0 Å². The molecular weight excluding hydrogens is 164 g/mol. The summed E-state index contributed by atoms with van der Waals surface area (Å²) < 4.78 is 5.22. The van der Waals surface area contributed by atoms with Crippen molar-refractivity contribution in [2.24, 2.45) is 0 Å². The fourth-order valence-electron chi connectivity index (χ4n) is 1.10. The summed E-state index contributed by atoms with van der Waals surface area (Å²) in [6.45, 7) is 5.62. The Morgan fingerprint density at radius 3 is 2.54 bits per heavy atom. The molecule has 1 aliphatic carbocycles. The molecule has 0 fully saturated rings. The fourth-order valence-corrected chi connectivity index (χ4v) is 1.10. The second-order valence-corrected chi connectivity index (χ2v) is 4.14. The van der Waals surface area contributed by atoms with Gasteiger partial charge in [0.1, 0.15) is 5.60 Å². The van der Waals surface area contributed by atoms with Crippen molar-refractivity contribution in [3.05, 3.63) is 23.8 Å². The highest BCUT2D eigenvalue weighted by Gasteiger charge is 2.18. The van der Waals surface area contributed by atoms with E-state index in [0.717, 1.165) is 12.8 Å². The van der Waals surface area contributed by atoms with Crippen LogP contribution in [0.1, 0.15) is 33.6 Å². The minimum absolute atomic E-state index is 0.219. The highest BCUT2D eigenvalue weighted by molar-refractivity contribution is 5.92. The van der Waals surface area contributed by atoms with Crippen LogP contribution in [-0.4, -0.2) is 11.6 Å². The Kier molecular flexibility index (Phi) is 2.91. The number of allylic oxidation sites excluding steroid dienone is 2. The van der Waals surface area contributed by atoms with E-state index >= 15 is 0 Å². The van der Waals surface area contributed by atoms with Gasteiger partial charge < -0.3 is 4.74 Å². The van der Waals surface area contributed by atoms with Gasteiger partial charge in [-0.05, 0) is 33.6 Å². The smallest absolute Gasteiger partial charge is 0.338 e. The summed E-state index contributed by atoms with van der Waals surface area (Å²) in [5.74, 6) is -0.219. The van der Waals surface area contributed by atoms with Crippen molar-refractivity contribution >= 4 is 5.97 Å². The van der Waals surface area contributed by atoms with Crippen molar-refractivity contribution in [1.29, 1.82) is 0 Å². The largest absolute Gasteiger partial charge is 0.456 e. The first kappa shape index (κ1) is 10.0. The Labute approximate surface area is 79.3 Å². The average Bonchev–Trinajstić information content (AvgIpc) is 2.03. The van der Waals surface area contributed by atoms with Crippen LogP contribution in [0.3, 0.4) is 0 Å². The van der Waals surface area contributed by atoms with Crippen LogP contribution in [0.15, 0.2) is 23.8 Å². The molecule has 1 rings (SSSR count). The third-order valence-corrected chi connectivity index (χ3v) is 1.63. The summed E-state index contributed by atoms with van der Waals surface area (Å²) in [5.41, 5.74) is 0.282. The SMILES string of the molecule is CC(C)(C)OC(=O)C1=CCCC=C1. The van der Waals surface area contributed by atoms with Gasteiger partial charge in [-0.2, -0.15) is 0 Å². The highest BCUT2D eigenvalue weighted by atomic mass is 16.6. The van der Waals surface area contributed by atoms with Crippen LogP contribution in [-0.2, 0) is 9.53 Å². The Morgan fingerprint density at radius 1 is 1.38 bits per heavy atom. The molecule has 0 amide bonds. The molecule has 0 atom stereocenters. The zero-order chi connectivity index (χ0) is 9.90. The summed E-state index contributed by atoms with van der Waals surface area (Å²) >= 11 is 0. The van der Waals surface area contributed by atoms with Crippen molar-refractivity contribution in [1.82, 2.24) is 0 Å². The van der Waals surface area contributed by atoms with E-state index in [0.29, 0.717) is 5.57 Å². The van der Waals surface area contributed by atoms with Crippen LogP contribution in [0, 0.1) is 0 Å². The van der Waals surface area contributed by atoms with Crippen LogP contribution in [0.2, 0.25) is 0 Å². The molecule has 72 valence electrons. The van der Waals surface area contributed by atoms with Gasteiger partial charge in [-0.3, -0.25) is 0 Å². The van der Waals surface area contributed by atoms with E-state index in [1.54, 1.807) is 0 Å². The molecule has 0 N–H and O–H groups in total. The van der Waals surface area contributed by atoms with Crippen LogP contribution in [0.25, 0.3) is 0 Å². The summed E-state index contributed by atoms with van der Waals surface area (Å²) in [5, 5.41) is 0. The first-order valence-corrected chi connectivity index (χ1v) is 4.59. The van der Waals surface area contributed by atoms with E-state index in [1.807, 2.05) is 39.0 Å². The van der Waals surface area contributed by atoms with E-state index in [9.17, 15) is 4.79 Å². The first-order valence-electron chi connectivity index (χ1n) is 4.59. The zero-order valence-corrected chi connectivity index (χ0v) is 8.46. The van der Waals surface area contributed by atoms with Gasteiger partial charge in [0.05, 0.1) is 5.57 Å². The van der Waals surface area contributed by atoms with Crippen molar-refractivity contribution < 1.29 is 9.53 Å². The number of carbonyl (C=O) groups excluding carboxylic acids is 1. The maximum atomic E-state index is 11.5. The minimum atomic E-state index is -0.400. The lowest BCUT2D eigenvalue weighted by molar-refractivity contribution is -0.149. The molecule has 0 aromatic carbocycles. The van der Waals surface area contributed by atoms with Gasteiger partial charge in [0.25, 0.3) is 0 Å². The number of hydrogen-bond donors (Lipinski definition) is 0. The zero-order valence-electron chi connectivity index (χ0n) is 8.46. The van der Waals surface area contributed by atoms with Crippen molar-refractivity contribution in [3.8, 4) is 0 Å². The van der Waals surface area contributed by atoms with Crippen LogP contribution in [0.5, 0.6) is 0 Å². The maximum Gasteiger partial charge on any atom is 0.338 e. The first-order chi connectivity index (χ1) is 5.99. The predicted molar refractivity (Wildman–Crippen MR) is 52.3 cm³/mol. The summed E-state index contributed by atoms with van der Waals surface area (Å²) in [6.07, 6.45) is 7.71. The second-order valence-electron chi connectivity index (χ2n) is 4.14. The molecule has 0 radical (unpaired) electrons. The summed E-state index contributed by atoms with van der Waals surface area (Å²) in [7, 11) is 0. The Morgan fingerprint density at radius 2 is 2.08 bits per heavy atom. The molecule has 0 unspecified atom stereocenters. The van der Waals surface area contributed by atoms with Crippen molar-refractivity contribution in [2.45, 2.75) is 39.2 Å². The normalized spacial score (nSPS) is 16.7. The molecule has 0 bridgehead atoms. The minimum Gasteiger partial charge on any atom is -0.456 e. The van der Waals surface area contributed by atoms with Gasteiger partial charge >= 0.3 is 5.97 Å². The molecule has 0 aromatic heterocycles. The lowest BCUT2D eigenvalue weighted by atomic mass is 10.1. The molecule has 0 heterocycles. The molecule has 2 heteroatoms. The number of hydrogen-bond acceptors (Lipinski definition) is 2.